The Morgan fingerprint density at radius 1 is 1.47 bits per heavy atom. The van der Waals surface area contributed by atoms with Gasteiger partial charge in [0.15, 0.2) is 0 Å². The molecule has 1 aliphatic carbocycles. The number of nitrogens with zero attached hydrogens (tertiary/aromatic N) is 2. The highest BCUT2D eigenvalue weighted by Crippen LogP contribution is 2.28. The molecule has 17 heavy (non-hydrogen) atoms. The lowest BCUT2D eigenvalue weighted by molar-refractivity contribution is -0.122. The van der Waals surface area contributed by atoms with Gasteiger partial charge in [0.2, 0.25) is 10.7 Å². The number of nitrogens with one attached hydrogen (secondary N) is 1. The predicted molar refractivity (Wildman–Crippen MR) is 67.2 cm³/mol. The molecule has 88 valence electrons. The summed E-state index contributed by atoms with van der Waals surface area (Å²) in [7, 11) is 1.96. The van der Waals surface area contributed by atoms with Crippen molar-refractivity contribution in [3.8, 4) is 0 Å². The van der Waals surface area contributed by atoms with Crippen molar-refractivity contribution in [3.63, 3.8) is 0 Å². The van der Waals surface area contributed by atoms with E-state index in [9.17, 15) is 4.79 Å². The Balaban J connectivity index is 1.96. The molecule has 0 bridgehead atoms. The number of para-hydroxylation sites is 1. The summed E-state index contributed by atoms with van der Waals surface area (Å²) in [5, 5.41) is 4.19. The van der Waals surface area contributed by atoms with Gasteiger partial charge in [-0.1, -0.05) is 23.5 Å². The number of aromatic nitrogens is 1. The van der Waals surface area contributed by atoms with Gasteiger partial charge in [-0.3, -0.25) is 4.79 Å². The number of carbonyl (C=O) groups is 1. The minimum atomic E-state index is 0.0439. The van der Waals surface area contributed by atoms with Crippen molar-refractivity contribution in [1.29, 1.82) is 0 Å². The van der Waals surface area contributed by atoms with E-state index in [1.54, 1.807) is 11.3 Å². The maximum absolute atomic E-state index is 11.5. The molecule has 1 aromatic carbocycles. The van der Waals surface area contributed by atoms with Gasteiger partial charge in [0.1, 0.15) is 0 Å². The van der Waals surface area contributed by atoms with Crippen LogP contribution in [0.4, 0.5) is 0 Å². The van der Waals surface area contributed by atoms with Crippen LogP contribution in [0.25, 0.3) is 10.2 Å². The summed E-state index contributed by atoms with van der Waals surface area (Å²) in [4.78, 5) is 12.3. The molecule has 0 unspecified atom stereocenters. The van der Waals surface area contributed by atoms with Crippen LogP contribution in [0.5, 0.6) is 0 Å². The first-order chi connectivity index (χ1) is 8.25. The highest BCUT2D eigenvalue weighted by atomic mass is 32.1. The fraction of sp³-hybridized carbons (Fsp3) is 0.333. The molecule has 1 amide bonds. The molecule has 0 spiro atoms. The van der Waals surface area contributed by atoms with Crippen LogP contribution in [0.3, 0.4) is 0 Å². The number of thiazole rings is 1. The summed E-state index contributed by atoms with van der Waals surface area (Å²) in [6, 6.07) is 8.11. The van der Waals surface area contributed by atoms with Crippen molar-refractivity contribution in [3.05, 3.63) is 29.1 Å². The number of rotatable bonds is 2. The second-order valence-corrected chi connectivity index (χ2v) is 5.28. The first-order valence-electron chi connectivity index (χ1n) is 5.64. The van der Waals surface area contributed by atoms with Gasteiger partial charge < -0.3 is 4.57 Å². The van der Waals surface area contributed by atoms with Gasteiger partial charge in [-0.05, 0) is 25.0 Å². The number of amides is 1. The lowest BCUT2D eigenvalue weighted by Gasteiger charge is -1.96. The van der Waals surface area contributed by atoms with E-state index in [-0.39, 0.29) is 11.8 Å². The highest BCUT2D eigenvalue weighted by Gasteiger charge is 2.29. The highest BCUT2D eigenvalue weighted by molar-refractivity contribution is 7.16. The van der Waals surface area contributed by atoms with Crippen LogP contribution in [0.1, 0.15) is 12.8 Å². The van der Waals surface area contributed by atoms with E-state index >= 15 is 0 Å². The molecule has 0 saturated heterocycles. The van der Waals surface area contributed by atoms with Crippen LogP contribution in [0, 0.1) is 5.92 Å². The molecule has 0 aliphatic heterocycles. The predicted octanol–water partition coefficient (Wildman–Crippen LogP) is 1.58. The Labute approximate surface area is 103 Å². The fourth-order valence-corrected chi connectivity index (χ4v) is 2.71. The van der Waals surface area contributed by atoms with E-state index in [4.69, 9.17) is 0 Å². The van der Waals surface area contributed by atoms with Crippen LogP contribution < -0.4 is 10.2 Å². The molecule has 3 rings (SSSR count). The third-order valence-electron chi connectivity index (χ3n) is 2.92. The van der Waals surface area contributed by atoms with Gasteiger partial charge in [0, 0.05) is 13.0 Å². The smallest absolute Gasteiger partial charge is 0.243 e. The quantitative estimate of drug-likeness (QED) is 0.805. The maximum Gasteiger partial charge on any atom is 0.243 e. The normalized spacial score (nSPS) is 16.4. The standard InChI is InChI=1S/C12H13N3OS/c1-15-9-4-2-3-5-10(9)17-12(15)14-13-11(16)8-6-7-8/h2-5,8H,6-7H2,1H3,(H,13,16)/b14-12-. The van der Waals surface area contributed by atoms with E-state index in [0.717, 1.165) is 23.2 Å². The monoisotopic (exact) mass is 247 g/mol. The molecular weight excluding hydrogens is 234 g/mol. The molecule has 0 radical (unpaired) electrons. The SMILES string of the molecule is Cn1/c(=N/NC(=O)C2CC2)sc2ccccc21. The second kappa shape index (κ2) is 4.00. The Morgan fingerprint density at radius 3 is 2.94 bits per heavy atom. The Kier molecular flexibility index (Phi) is 2.48. The lowest BCUT2D eigenvalue weighted by atomic mass is 10.3. The maximum atomic E-state index is 11.5. The molecule has 1 saturated carbocycles. The molecule has 1 aliphatic rings. The number of fused-ring (bicyclic) bond motifs is 1. The molecule has 0 atom stereocenters. The van der Waals surface area contributed by atoms with E-state index in [1.165, 1.54) is 4.70 Å². The summed E-state index contributed by atoms with van der Waals surface area (Å²) in [6.07, 6.45) is 2.00. The Hall–Kier alpha value is -1.62. The molecule has 1 aromatic heterocycles. The Bertz CT molecular complexity index is 636. The summed E-state index contributed by atoms with van der Waals surface area (Å²) >= 11 is 1.58. The first kappa shape index (κ1) is 10.5. The zero-order valence-electron chi connectivity index (χ0n) is 9.51. The zero-order chi connectivity index (χ0) is 11.8. The molecule has 1 fully saturated rings. The third-order valence-corrected chi connectivity index (χ3v) is 4.04. The first-order valence-corrected chi connectivity index (χ1v) is 6.45. The summed E-state index contributed by atoms with van der Waals surface area (Å²) in [5.41, 5.74) is 3.77. The average Bonchev–Trinajstić information content (AvgIpc) is 3.14. The number of hydrogen-bond acceptors (Lipinski definition) is 3. The minimum absolute atomic E-state index is 0.0439. The van der Waals surface area contributed by atoms with Crippen molar-refractivity contribution in [1.82, 2.24) is 9.99 Å². The van der Waals surface area contributed by atoms with Gasteiger partial charge in [-0.25, -0.2) is 5.43 Å². The van der Waals surface area contributed by atoms with E-state index in [1.807, 2.05) is 29.8 Å². The largest absolute Gasteiger partial charge is 0.318 e. The van der Waals surface area contributed by atoms with E-state index in [2.05, 4.69) is 16.6 Å². The molecule has 4 nitrogen and oxygen atoms in total. The third kappa shape index (κ3) is 1.98. The van der Waals surface area contributed by atoms with Gasteiger partial charge >= 0.3 is 0 Å². The van der Waals surface area contributed by atoms with Crippen molar-refractivity contribution in [2.45, 2.75) is 12.8 Å². The number of benzene rings is 1. The van der Waals surface area contributed by atoms with E-state index < -0.39 is 0 Å². The summed E-state index contributed by atoms with van der Waals surface area (Å²) in [5.74, 6) is 0.237. The second-order valence-electron chi connectivity index (χ2n) is 4.27. The van der Waals surface area contributed by atoms with E-state index in [0.29, 0.717) is 0 Å². The number of carbonyl (C=O) groups excluding carboxylic acids is 1. The van der Waals surface area contributed by atoms with Crippen LogP contribution in [0.15, 0.2) is 29.4 Å². The molecule has 5 heteroatoms. The van der Waals surface area contributed by atoms with Crippen molar-refractivity contribution in [2.75, 3.05) is 0 Å². The van der Waals surface area contributed by atoms with Crippen molar-refractivity contribution < 1.29 is 4.79 Å². The van der Waals surface area contributed by atoms with Crippen molar-refractivity contribution in [2.24, 2.45) is 18.1 Å². The summed E-state index contributed by atoms with van der Waals surface area (Å²) < 4.78 is 3.17. The van der Waals surface area contributed by atoms with Crippen molar-refractivity contribution >= 4 is 27.5 Å². The van der Waals surface area contributed by atoms with Crippen LogP contribution in [-0.4, -0.2) is 10.5 Å². The van der Waals surface area contributed by atoms with Gasteiger partial charge in [-0.15, -0.1) is 5.10 Å². The summed E-state index contributed by atoms with van der Waals surface area (Å²) in [6.45, 7) is 0. The molecule has 2 aromatic rings. The molecule has 1 N–H and O–H groups in total. The number of hydrogen-bond donors (Lipinski definition) is 1. The fourth-order valence-electron chi connectivity index (χ4n) is 1.73. The zero-order valence-corrected chi connectivity index (χ0v) is 10.3. The number of aryl methyl sites for hydroxylation is 1. The minimum Gasteiger partial charge on any atom is -0.318 e. The Morgan fingerprint density at radius 2 is 2.24 bits per heavy atom. The van der Waals surface area contributed by atoms with Crippen LogP contribution >= 0.6 is 11.3 Å². The lowest BCUT2D eigenvalue weighted by Crippen LogP contribution is -2.24. The van der Waals surface area contributed by atoms with Gasteiger partial charge in [0.25, 0.3) is 0 Å². The van der Waals surface area contributed by atoms with Gasteiger partial charge in [-0.2, -0.15) is 0 Å². The topological polar surface area (TPSA) is 46.4 Å². The van der Waals surface area contributed by atoms with Crippen LogP contribution in [-0.2, 0) is 11.8 Å². The molecular formula is C12H13N3OS. The van der Waals surface area contributed by atoms with Gasteiger partial charge in [0.05, 0.1) is 10.2 Å². The van der Waals surface area contributed by atoms with Crippen LogP contribution in [0.2, 0.25) is 0 Å². The molecule has 1 heterocycles. The average molecular weight is 247 g/mol.